The molecule has 0 radical (unpaired) electrons. The molecule has 44 valence electrons. The van der Waals surface area contributed by atoms with Crippen molar-refractivity contribution in [3.8, 4) is 0 Å². The van der Waals surface area contributed by atoms with Crippen molar-refractivity contribution in [3.63, 3.8) is 0 Å². The number of H-pyrrole nitrogens is 1. The number of aromatic nitrogens is 2. The third-order valence-corrected chi connectivity index (χ3v) is 1.37. The number of fused-ring (bicyclic) bond motifs is 1. The van der Waals surface area contributed by atoms with E-state index in [0.29, 0.717) is 0 Å². The Morgan fingerprint density at radius 1 is 1.33 bits per heavy atom. The molecule has 2 aromatic rings. The standard InChI is InChI=1S/C7H6N2/c1-2-7-6-8-3-5-9(7)4-1/h1-6H/p+1. The van der Waals surface area contributed by atoms with E-state index in [1.54, 1.807) is 0 Å². The molecule has 1 N–H and O–H groups in total. The highest BCUT2D eigenvalue weighted by molar-refractivity contribution is 5.42. The van der Waals surface area contributed by atoms with Crippen molar-refractivity contribution < 1.29 is 4.98 Å². The summed E-state index contributed by atoms with van der Waals surface area (Å²) in [6.45, 7) is 0. The first-order valence-electron chi connectivity index (χ1n) is 2.89. The number of hydrogen-bond acceptors (Lipinski definition) is 0. The Kier molecular flexibility index (Phi) is 0.803. The molecule has 0 saturated heterocycles. The predicted octanol–water partition coefficient (Wildman–Crippen LogP) is 0.753. The molecule has 0 unspecified atom stereocenters. The molecule has 2 nitrogen and oxygen atoms in total. The van der Waals surface area contributed by atoms with Crippen molar-refractivity contribution in [1.29, 1.82) is 0 Å². The van der Waals surface area contributed by atoms with Gasteiger partial charge in [0, 0.05) is 6.20 Å². The Balaban J connectivity index is 2.95. The molecule has 0 atom stereocenters. The fraction of sp³-hybridized carbons (Fsp3) is 0. The minimum Gasteiger partial charge on any atom is -0.313 e. The lowest BCUT2D eigenvalue weighted by Gasteiger charge is -1.83. The van der Waals surface area contributed by atoms with Gasteiger partial charge in [0.2, 0.25) is 0 Å². The second-order valence-electron chi connectivity index (χ2n) is 1.97. The van der Waals surface area contributed by atoms with Crippen LogP contribution in [0.15, 0.2) is 36.9 Å². The highest BCUT2D eigenvalue weighted by Crippen LogP contribution is 1.97. The van der Waals surface area contributed by atoms with Gasteiger partial charge in [-0.2, -0.15) is 0 Å². The number of rotatable bonds is 0. The largest absolute Gasteiger partial charge is 0.313 e. The molecule has 0 aliphatic carbocycles. The second-order valence-corrected chi connectivity index (χ2v) is 1.97. The average molecular weight is 119 g/mol. The highest BCUT2D eigenvalue weighted by Gasteiger charge is 1.89. The summed E-state index contributed by atoms with van der Waals surface area (Å²) in [5.74, 6) is 0. The molecule has 2 heteroatoms. The topological polar surface area (TPSA) is 18.6 Å². The zero-order valence-corrected chi connectivity index (χ0v) is 4.91. The first kappa shape index (κ1) is 4.56. The Labute approximate surface area is 52.8 Å². The van der Waals surface area contributed by atoms with E-state index in [1.807, 2.05) is 30.9 Å². The molecule has 0 aromatic carbocycles. The molecular formula is C7H7N2+. The van der Waals surface area contributed by atoms with Crippen LogP contribution in [0.4, 0.5) is 0 Å². The maximum absolute atomic E-state index is 3.00. The maximum Gasteiger partial charge on any atom is 0.191 e. The van der Waals surface area contributed by atoms with E-state index in [1.165, 1.54) is 5.52 Å². The maximum atomic E-state index is 3.00. The van der Waals surface area contributed by atoms with Crippen LogP contribution >= 0.6 is 0 Å². The quantitative estimate of drug-likeness (QED) is 0.487. The molecule has 0 amide bonds. The Morgan fingerprint density at radius 2 is 2.33 bits per heavy atom. The van der Waals surface area contributed by atoms with Gasteiger partial charge in [-0.05, 0) is 12.1 Å². The van der Waals surface area contributed by atoms with Crippen LogP contribution in [0.2, 0.25) is 0 Å². The molecule has 2 heterocycles. The number of nitrogens with zero attached hydrogens (tertiary/aromatic N) is 1. The molecule has 9 heavy (non-hydrogen) atoms. The van der Waals surface area contributed by atoms with E-state index < -0.39 is 0 Å². The summed E-state index contributed by atoms with van der Waals surface area (Å²) >= 11 is 0. The zero-order valence-electron chi connectivity index (χ0n) is 4.91. The lowest BCUT2D eigenvalue weighted by molar-refractivity contribution is -0.377. The Morgan fingerprint density at radius 3 is 3.22 bits per heavy atom. The van der Waals surface area contributed by atoms with Crippen LogP contribution < -0.4 is 4.98 Å². The zero-order chi connectivity index (χ0) is 6.10. The Bertz CT molecular complexity index is 281. The van der Waals surface area contributed by atoms with E-state index in [4.69, 9.17) is 0 Å². The molecule has 2 rings (SSSR count). The van der Waals surface area contributed by atoms with Crippen LogP contribution in [0, 0.1) is 0 Å². The van der Waals surface area contributed by atoms with E-state index in [2.05, 4.69) is 15.5 Å². The molecule has 2 aromatic heterocycles. The van der Waals surface area contributed by atoms with Crippen molar-refractivity contribution in [1.82, 2.24) is 4.40 Å². The molecule has 0 aliphatic rings. The van der Waals surface area contributed by atoms with Crippen molar-refractivity contribution in [3.05, 3.63) is 36.9 Å². The smallest absolute Gasteiger partial charge is 0.191 e. The first-order chi connectivity index (χ1) is 4.47. The van der Waals surface area contributed by atoms with Gasteiger partial charge in [-0.1, -0.05) is 0 Å². The minimum absolute atomic E-state index is 1.19. The van der Waals surface area contributed by atoms with E-state index in [9.17, 15) is 0 Å². The summed E-state index contributed by atoms with van der Waals surface area (Å²) < 4.78 is 2.05. The second kappa shape index (κ2) is 1.58. The fourth-order valence-corrected chi connectivity index (χ4v) is 0.922. The summed E-state index contributed by atoms with van der Waals surface area (Å²) in [5, 5.41) is 0. The number of hydrogen-bond donors (Lipinski definition) is 0. The van der Waals surface area contributed by atoms with Crippen LogP contribution in [-0.2, 0) is 0 Å². The van der Waals surface area contributed by atoms with Crippen molar-refractivity contribution in [2.45, 2.75) is 0 Å². The van der Waals surface area contributed by atoms with Gasteiger partial charge in [0.05, 0.1) is 6.20 Å². The summed E-state index contributed by atoms with van der Waals surface area (Å²) in [7, 11) is 0. The Hall–Kier alpha value is -1.31. The molecule has 0 bridgehead atoms. The van der Waals surface area contributed by atoms with Gasteiger partial charge >= 0.3 is 0 Å². The monoisotopic (exact) mass is 119 g/mol. The van der Waals surface area contributed by atoms with Gasteiger partial charge in [0.15, 0.2) is 12.4 Å². The van der Waals surface area contributed by atoms with Crippen LogP contribution in [0.3, 0.4) is 0 Å². The van der Waals surface area contributed by atoms with E-state index >= 15 is 0 Å². The van der Waals surface area contributed by atoms with Crippen LogP contribution in [-0.4, -0.2) is 4.40 Å². The minimum atomic E-state index is 1.19. The summed E-state index contributed by atoms with van der Waals surface area (Å²) in [6, 6.07) is 4.07. The molecule has 0 aliphatic heterocycles. The molecule has 0 fully saturated rings. The third-order valence-electron chi connectivity index (χ3n) is 1.37. The average Bonchev–Trinajstić information content (AvgIpc) is 2.33. The van der Waals surface area contributed by atoms with E-state index in [-0.39, 0.29) is 0 Å². The van der Waals surface area contributed by atoms with Crippen molar-refractivity contribution >= 4 is 5.52 Å². The van der Waals surface area contributed by atoms with Gasteiger partial charge in [0.1, 0.15) is 5.52 Å². The SMILES string of the molecule is c1cc2c[nH+]ccn2c1. The van der Waals surface area contributed by atoms with Crippen molar-refractivity contribution in [2.24, 2.45) is 0 Å². The van der Waals surface area contributed by atoms with Gasteiger partial charge in [-0.15, -0.1) is 0 Å². The fourth-order valence-electron chi connectivity index (χ4n) is 0.922. The molecular weight excluding hydrogens is 112 g/mol. The third kappa shape index (κ3) is 0.598. The highest BCUT2D eigenvalue weighted by atomic mass is 14.9. The lowest BCUT2D eigenvalue weighted by atomic mass is 10.5. The van der Waals surface area contributed by atoms with Gasteiger partial charge in [-0.25, -0.2) is 4.98 Å². The first-order valence-corrected chi connectivity index (χ1v) is 2.89. The number of nitrogens with one attached hydrogen (secondary N) is 1. The van der Waals surface area contributed by atoms with Gasteiger partial charge in [0.25, 0.3) is 0 Å². The van der Waals surface area contributed by atoms with Gasteiger partial charge in [-0.3, -0.25) is 0 Å². The molecule has 0 spiro atoms. The summed E-state index contributed by atoms with van der Waals surface area (Å²) in [5.41, 5.74) is 1.19. The molecule has 0 saturated carbocycles. The predicted molar refractivity (Wildman–Crippen MR) is 34.0 cm³/mol. The van der Waals surface area contributed by atoms with Crippen molar-refractivity contribution in [2.75, 3.05) is 0 Å². The van der Waals surface area contributed by atoms with Crippen LogP contribution in [0.25, 0.3) is 5.52 Å². The lowest BCUT2D eigenvalue weighted by Crippen LogP contribution is -1.99. The van der Waals surface area contributed by atoms with Crippen LogP contribution in [0.1, 0.15) is 0 Å². The van der Waals surface area contributed by atoms with Crippen LogP contribution in [0.5, 0.6) is 0 Å². The summed E-state index contributed by atoms with van der Waals surface area (Å²) in [4.78, 5) is 3.00. The summed E-state index contributed by atoms with van der Waals surface area (Å²) in [6.07, 6.45) is 7.85. The normalized spacial score (nSPS) is 10.2. The van der Waals surface area contributed by atoms with E-state index in [0.717, 1.165) is 0 Å². The van der Waals surface area contributed by atoms with Gasteiger partial charge < -0.3 is 4.40 Å². The number of aromatic amines is 1.